The largest absolute Gasteiger partial charge is 0.417 e. The highest BCUT2D eigenvalue weighted by atomic mass is 35.5. The van der Waals surface area contributed by atoms with Crippen molar-refractivity contribution in [3.05, 3.63) is 142 Å². The molecule has 2 aliphatic heterocycles. The summed E-state index contributed by atoms with van der Waals surface area (Å²) in [7, 11) is 0. The number of nitrogens with zero attached hydrogens (tertiary/aromatic N) is 8. The van der Waals surface area contributed by atoms with Crippen molar-refractivity contribution in [1.29, 1.82) is 0 Å². The number of pyridine rings is 2. The van der Waals surface area contributed by atoms with E-state index < -0.39 is 29.3 Å². The number of aromatic nitrogens is 8. The van der Waals surface area contributed by atoms with Gasteiger partial charge in [0.05, 0.1) is 33.6 Å². The fourth-order valence-electron chi connectivity index (χ4n) is 8.95. The van der Waals surface area contributed by atoms with Gasteiger partial charge in [-0.05, 0) is 80.3 Å². The summed E-state index contributed by atoms with van der Waals surface area (Å²) >= 11 is 12.1. The van der Waals surface area contributed by atoms with E-state index in [9.17, 15) is 31.5 Å². The Hall–Kier alpha value is -7.25. The van der Waals surface area contributed by atoms with Crippen molar-refractivity contribution in [3.63, 3.8) is 0 Å². The van der Waals surface area contributed by atoms with Crippen molar-refractivity contribution in [1.82, 2.24) is 49.7 Å². The molecule has 6 aromatic heterocycles. The molecule has 8 heterocycles. The van der Waals surface area contributed by atoms with Crippen LogP contribution in [0.3, 0.4) is 0 Å². The fourth-order valence-corrected chi connectivity index (χ4v) is 9.27. The molecule has 14 nitrogen and oxygen atoms in total. The highest BCUT2D eigenvalue weighted by Gasteiger charge is 2.37. The molecule has 2 fully saturated rings. The van der Waals surface area contributed by atoms with Crippen molar-refractivity contribution >= 4 is 68.7 Å². The van der Waals surface area contributed by atoms with Crippen molar-refractivity contribution in [2.75, 3.05) is 49.9 Å². The first-order valence-electron chi connectivity index (χ1n) is 22.8. The summed E-state index contributed by atoms with van der Waals surface area (Å²) in [5, 5.41) is 8.50. The number of H-pyrrole nitrogens is 2. The second-order valence-electron chi connectivity index (χ2n) is 17.4. The van der Waals surface area contributed by atoms with Crippen molar-refractivity contribution in [2.45, 2.75) is 38.8 Å². The average molecular weight is 1010 g/mol. The molecule has 2 amide bonds. The standard InChI is InChI=1S/C25H21ClF4N6O.C25H24ClFN6O/c26-15-8-17-18(11-33-21(17)32-10-15)22-34-12-20(27)23(35-22)31-9-14-4-3-7-36(13-14)24(37)16-5-1-2-6-19(16)25(28,29)30;1-15-5-2-3-7-18(15)25(34)33-8-4-6-16(14-33)10-28-24-21(27)13-31-23(32-24)20-12-30-22-19(20)9-17(26)11-29-22/h1-2,5-6,8,10-12,14H,3-4,7,9,13H2,(H,32,33)(H,31,34,35);2-3,5,7,9,11-13,16H,4,6,8,10,14H2,1H3,(H,29,30)(H,28,31,32). The molecular formula is C50H45Cl2F5N12O2. The maximum absolute atomic E-state index is 14.5. The van der Waals surface area contributed by atoms with Crippen LogP contribution in [0.1, 0.15) is 57.5 Å². The van der Waals surface area contributed by atoms with Crippen molar-refractivity contribution < 1.29 is 31.5 Å². The molecule has 0 radical (unpaired) electrons. The van der Waals surface area contributed by atoms with Crippen molar-refractivity contribution in [3.8, 4) is 22.8 Å². The van der Waals surface area contributed by atoms with Gasteiger partial charge >= 0.3 is 6.18 Å². The predicted molar refractivity (Wildman–Crippen MR) is 261 cm³/mol. The molecule has 2 aliphatic rings. The van der Waals surface area contributed by atoms with Crippen LogP contribution >= 0.6 is 23.2 Å². The van der Waals surface area contributed by atoms with Crippen LogP contribution < -0.4 is 10.6 Å². The van der Waals surface area contributed by atoms with Gasteiger partial charge in [-0.2, -0.15) is 13.2 Å². The molecule has 2 unspecified atom stereocenters. The van der Waals surface area contributed by atoms with Gasteiger partial charge in [0.15, 0.2) is 34.9 Å². The van der Waals surface area contributed by atoms with Crippen LogP contribution in [0.25, 0.3) is 44.8 Å². The molecule has 2 aromatic carbocycles. The minimum absolute atomic E-state index is 0.0137. The van der Waals surface area contributed by atoms with Gasteiger partial charge in [-0.25, -0.2) is 38.7 Å². The van der Waals surface area contributed by atoms with E-state index in [0.717, 1.165) is 60.8 Å². The van der Waals surface area contributed by atoms with Gasteiger partial charge in [-0.1, -0.05) is 53.5 Å². The number of piperidine rings is 2. The van der Waals surface area contributed by atoms with Crippen LogP contribution in [0.4, 0.5) is 33.6 Å². The molecular weight excluding hydrogens is 967 g/mol. The molecule has 366 valence electrons. The zero-order valence-electron chi connectivity index (χ0n) is 38.0. The number of nitrogens with one attached hydrogen (secondary N) is 4. The third-order valence-electron chi connectivity index (χ3n) is 12.5. The number of amides is 2. The van der Waals surface area contributed by atoms with Gasteiger partial charge in [-0.3, -0.25) is 9.59 Å². The molecule has 0 spiro atoms. The summed E-state index contributed by atoms with van der Waals surface area (Å²) in [4.78, 5) is 60.8. The first kappa shape index (κ1) is 48.8. The molecule has 0 bridgehead atoms. The maximum Gasteiger partial charge on any atom is 0.417 e. The lowest BCUT2D eigenvalue weighted by atomic mass is 9.96. The van der Waals surface area contributed by atoms with Crippen LogP contribution in [0.15, 0.2) is 97.8 Å². The Labute approximate surface area is 413 Å². The summed E-state index contributed by atoms with van der Waals surface area (Å²) in [5.41, 5.74) is 2.91. The Morgan fingerprint density at radius 2 is 1.14 bits per heavy atom. The lowest BCUT2D eigenvalue weighted by molar-refractivity contribution is -0.138. The second kappa shape index (κ2) is 21.0. The van der Waals surface area contributed by atoms with Gasteiger partial charge in [-0.15, -0.1) is 0 Å². The number of halogens is 7. The molecule has 2 saturated heterocycles. The maximum atomic E-state index is 14.5. The Bertz CT molecular complexity index is 3240. The zero-order chi connectivity index (χ0) is 49.8. The van der Waals surface area contributed by atoms with E-state index >= 15 is 0 Å². The van der Waals surface area contributed by atoms with E-state index in [4.69, 9.17) is 23.2 Å². The topological polar surface area (TPSA) is 174 Å². The third-order valence-corrected chi connectivity index (χ3v) is 12.9. The molecule has 71 heavy (non-hydrogen) atoms. The number of hydrogen-bond donors (Lipinski definition) is 4. The monoisotopic (exact) mass is 1010 g/mol. The number of carbonyl (C=O) groups excluding carboxylic acids is 2. The predicted octanol–water partition coefficient (Wildman–Crippen LogP) is 10.9. The van der Waals surface area contributed by atoms with Crippen LogP contribution in [-0.2, 0) is 6.18 Å². The van der Waals surface area contributed by atoms with Gasteiger partial charge in [0.1, 0.15) is 11.3 Å². The van der Waals surface area contributed by atoms with Crippen LogP contribution in [0.2, 0.25) is 10.0 Å². The van der Waals surface area contributed by atoms with Gasteiger partial charge in [0, 0.05) is 91.5 Å². The van der Waals surface area contributed by atoms with E-state index in [0.29, 0.717) is 69.7 Å². The Balaban J connectivity index is 0.000000176. The van der Waals surface area contributed by atoms with Crippen LogP contribution in [0, 0.1) is 30.4 Å². The van der Waals surface area contributed by atoms with E-state index in [-0.39, 0.29) is 53.9 Å². The lowest BCUT2D eigenvalue weighted by Gasteiger charge is -2.33. The van der Waals surface area contributed by atoms with Gasteiger partial charge in [0.2, 0.25) is 0 Å². The minimum Gasteiger partial charge on any atom is -0.367 e. The number of hydrogen-bond acceptors (Lipinski definition) is 10. The van der Waals surface area contributed by atoms with Gasteiger partial charge in [0.25, 0.3) is 11.8 Å². The molecule has 0 saturated carbocycles. The smallest absolute Gasteiger partial charge is 0.367 e. The summed E-state index contributed by atoms with van der Waals surface area (Å²) < 4.78 is 69.2. The first-order chi connectivity index (χ1) is 34.2. The molecule has 0 aliphatic carbocycles. The molecule has 10 rings (SSSR count). The number of fused-ring (bicyclic) bond motifs is 2. The lowest BCUT2D eigenvalue weighted by Crippen LogP contribution is -2.42. The summed E-state index contributed by atoms with van der Waals surface area (Å²) in [6, 6.07) is 15.9. The number of likely N-dealkylation sites (tertiary alicyclic amines) is 2. The number of aryl methyl sites for hydroxylation is 1. The molecule has 8 aromatic rings. The quantitative estimate of drug-likeness (QED) is 0.0966. The molecule has 2 atom stereocenters. The first-order valence-corrected chi connectivity index (χ1v) is 23.5. The number of alkyl halides is 3. The molecule has 21 heteroatoms. The van der Waals surface area contributed by atoms with Crippen molar-refractivity contribution in [2.24, 2.45) is 11.8 Å². The fraction of sp³-hybridized carbons (Fsp3) is 0.280. The highest BCUT2D eigenvalue weighted by molar-refractivity contribution is 6.31. The number of benzene rings is 2. The van der Waals surface area contributed by atoms with E-state index in [1.165, 1.54) is 29.3 Å². The Morgan fingerprint density at radius 1 is 0.676 bits per heavy atom. The van der Waals surface area contributed by atoms with Gasteiger partial charge < -0.3 is 30.4 Å². The third kappa shape index (κ3) is 11.1. The Kier molecular flexibility index (Phi) is 14.4. The number of rotatable bonds is 10. The summed E-state index contributed by atoms with van der Waals surface area (Å²) in [5.74, 6) is -0.949. The molecule has 4 N–H and O–H groups in total. The average Bonchev–Trinajstić information content (AvgIpc) is 4.00. The number of aromatic amines is 2. The zero-order valence-corrected chi connectivity index (χ0v) is 39.5. The number of carbonyl (C=O) groups is 2. The normalized spacial score (nSPS) is 16.2. The second-order valence-corrected chi connectivity index (χ2v) is 18.3. The summed E-state index contributed by atoms with van der Waals surface area (Å²) in [6.07, 6.45) is 7.26. The van der Waals surface area contributed by atoms with Crippen LogP contribution in [0.5, 0.6) is 0 Å². The van der Waals surface area contributed by atoms with E-state index in [2.05, 4.69) is 50.5 Å². The summed E-state index contributed by atoms with van der Waals surface area (Å²) in [6.45, 7) is 4.67. The van der Waals surface area contributed by atoms with Crippen LogP contribution in [-0.4, -0.2) is 101 Å². The Morgan fingerprint density at radius 3 is 1.63 bits per heavy atom. The van der Waals surface area contributed by atoms with E-state index in [1.807, 2.05) is 36.1 Å². The highest BCUT2D eigenvalue weighted by Crippen LogP contribution is 2.34. The minimum atomic E-state index is -4.63. The van der Waals surface area contributed by atoms with E-state index in [1.54, 1.807) is 30.7 Å². The SMILES string of the molecule is Cc1ccccc1C(=O)N1CCCC(CNc2nc(-c3c[nH]c4ncc(Cl)cc34)ncc2F)C1.O=C(c1ccccc1C(F)(F)F)N1CCCC(CNc2nc(-c3c[nH]c4ncc(Cl)cc34)ncc2F)C1. The number of anilines is 2.